The molecule has 0 radical (unpaired) electrons. The monoisotopic (exact) mass is 500 g/mol. The first-order valence-corrected chi connectivity index (χ1v) is 12.8. The highest BCUT2D eigenvalue weighted by Gasteiger charge is 2.25. The third-order valence-electron chi connectivity index (χ3n) is 6.23. The summed E-state index contributed by atoms with van der Waals surface area (Å²) in [5.74, 6) is 0.521. The predicted octanol–water partition coefficient (Wildman–Crippen LogP) is 5.45. The number of hydrogen-bond acceptors (Lipinski definition) is 5. The number of anilines is 1. The van der Waals surface area contributed by atoms with E-state index in [1.807, 2.05) is 45.0 Å². The Bertz CT molecular complexity index is 1250. The molecule has 0 saturated heterocycles. The molecule has 0 atom stereocenters. The number of nitrogens with zero attached hydrogens (tertiary/aromatic N) is 1. The fraction of sp³-hybridized carbons (Fsp3) is 0.355. The van der Waals surface area contributed by atoms with Crippen LogP contribution in [0.5, 0.6) is 5.75 Å². The lowest BCUT2D eigenvalue weighted by molar-refractivity contribution is -0.154. The second-order valence-corrected chi connectivity index (χ2v) is 10.4. The third kappa shape index (κ3) is 7.20. The fourth-order valence-corrected chi connectivity index (χ4v) is 4.52. The average molecular weight is 501 g/mol. The average Bonchev–Trinajstić information content (AvgIpc) is 3.28. The first kappa shape index (κ1) is 26.4. The number of hydrogen-bond donors (Lipinski definition) is 1. The molecule has 4 rings (SSSR count). The zero-order chi connectivity index (χ0) is 26.4. The Morgan fingerprint density at radius 1 is 1.00 bits per heavy atom. The van der Waals surface area contributed by atoms with Crippen molar-refractivity contribution < 1.29 is 19.1 Å². The number of aryl methyl sites for hydroxylation is 1. The van der Waals surface area contributed by atoms with E-state index >= 15 is 0 Å². The summed E-state index contributed by atoms with van der Waals surface area (Å²) in [5, 5.41) is 3.06. The van der Waals surface area contributed by atoms with Gasteiger partial charge < -0.3 is 19.7 Å². The van der Waals surface area contributed by atoms with Crippen molar-refractivity contribution in [3.8, 4) is 16.9 Å². The Morgan fingerprint density at radius 2 is 1.78 bits per heavy atom. The van der Waals surface area contributed by atoms with Crippen LogP contribution >= 0.6 is 0 Å². The molecule has 1 amide bonds. The molecule has 1 aliphatic heterocycles. The number of esters is 1. The van der Waals surface area contributed by atoms with Gasteiger partial charge in [0.05, 0.1) is 13.0 Å². The molecule has 0 aliphatic carbocycles. The number of ether oxygens (including phenoxy) is 2. The van der Waals surface area contributed by atoms with Crippen molar-refractivity contribution in [2.45, 2.75) is 52.7 Å². The summed E-state index contributed by atoms with van der Waals surface area (Å²) >= 11 is 0. The first-order valence-electron chi connectivity index (χ1n) is 12.8. The van der Waals surface area contributed by atoms with Crippen molar-refractivity contribution in [3.05, 3.63) is 83.4 Å². The Kier molecular flexibility index (Phi) is 8.29. The summed E-state index contributed by atoms with van der Waals surface area (Å²) in [4.78, 5) is 26.4. The van der Waals surface area contributed by atoms with Gasteiger partial charge in [0.1, 0.15) is 18.0 Å². The molecule has 6 nitrogen and oxygen atoms in total. The molecule has 1 N–H and O–H groups in total. The summed E-state index contributed by atoms with van der Waals surface area (Å²) in [6, 6.07) is 22.7. The summed E-state index contributed by atoms with van der Waals surface area (Å²) in [7, 11) is 0. The minimum Gasteiger partial charge on any atom is -0.489 e. The van der Waals surface area contributed by atoms with Crippen molar-refractivity contribution in [2.75, 3.05) is 24.5 Å². The lowest BCUT2D eigenvalue weighted by Gasteiger charge is -2.20. The van der Waals surface area contributed by atoms with Crippen LogP contribution in [0.2, 0.25) is 0 Å². The van der Waals surface area contributed by atoms with E-state index in [2.05, 4.69) is 54.7 Å². The van der Waals surface area contributed by atoms with Crippen molar-refractivity contribution in [1.82, 2.24) is 5.32 Å². The minimum absolute atomic E-state index is 0.00871. The lowest BCUT2D eigenvalue weighted by Crippen LogP contribution is -2.38. The minimum atomic E-state index is -0.499. The molecular weight excluding hydrogens is 464 g/mol. The van der Waals surface area contributed by atoms with Gasteiger partial charge in [0, 0.05) is 18.8 Å². The number of nitrogens with one attached hydrogen (secondary N) is 1. The number of amides is 1. The second-order valence-electron chi connectivity index (χ2n) is 10.4. The van der Waals surface area contributed by atoms with Crippen LogP contribution in [0.1, 0.15) is 43.9 Å². The van der Waals surface area contributed by atoms with E-state index < -0.39 is 5.60 Å². The van der Waals surface area contributed by atoms with Gasteiger partial charge in [-0.15, -0.1) is 0 Å². The van der Waals surface area contributed by atoms with Crippen LogP contribution in [0, 0.1) is 6.92 Å². The van der Waals surface area contributed by atoms with Gasteiger partial charge >= 0.3 is 5.97 Å². The van der Waals surface area contributed by atoms with Gasteiger partial charge in [0.25, 0.3) is 0 Å². The molecule has 0 aromatic heterocycles. The summed E-state index contributed by atoms with van der Waals surface area (Å²) in [6.45, 7) is 9.36. The van der Waals surface area contributed by atoms with Crippen molar-refractivity contribution >= 4 is 17.6 Å². The van der Waals surface area contributed by atoms with Gasteiger partial charge in [0.2, 0.25) is 5.91 Å². The number of fused-ring (bicyclic) bond motifs is 1. The molecule has 1 aliphatic rings. The molecule has 6 heteroatoms. The molecule has 0 fully saturated rings. The van der Waals surface area contributed by atoms with E-state index in [0.717, 1.165) is 29.0 Å². The van der Waals surface area contributed by atoms with Gasteiger partial charge in [-0.2, -0.15) is 0 Å². The number of rotatable bonds is 9. The van der Waals surface area contributed by atoms with Gasteiger partial charge in [-0.3, -0.25) is 9.59 Å². The molecule has 37 heavy (non-hydrogen) atoms. The van der Waals surface area contributed by atoms with Gasteiger partial charge in [-0.25, -0.2) is 0 Å². The number of benzene rings is 3. The smallest absolute Gasteiger partial charge is 0.307 e. The summed E-state index contributed by atoms with van der Waals surface area (Å²) < 4.78 is 11.4. The first-order chi connectivity index (χ1) is 17.7. The molecule has 194 valence electrons. The molecule has 3 aromatic rings. The van der Waals surface area contributed by atoms with Crippen molar-refractivity contribution in [3.63, 3.8) is 0 Å². The maximum absolute atomic E-state index is 12.8. The molecule has 0 spiro atoms. The normalized spacial score (nSPS) is 12.8. The van der Waals surface area contributed by atoms with Crippen LogP contribution in [0.15, 0.2) is 66.7 Å². The lowest BCUT2D eigenvalue weighted by atomic mass is 9.99. The van der Waals surface area contributed by atoms with E-state index in [-0.39, 0.29) is 24.8 Å². The maximum atomic E-state index is 12.8. The van der Waals surface area contributed by atoms with E-state index in [9.17, 15) is 9.59 Å². The van der Waals surface area contributed by atoms with E-state index in [0.29, 0.717) is 19.7 Å². The molecular formula is C31H36N2O4. The highest BCUT2D eigenvalue weighted by Crippen LogP contribution is 2.32. The number of carbonyl (C=O) groups is 2. The zero-order valence-corrected chi connectivity index (χ0v) is 22.2. The van der Waals surface area contributed by atoms with Crippen LogP contribution < -0.4 is 15.0 Å². The van der Waals surface area contributed by atoms with Gasteiger partial charge in [-0.1, -0.05) is 48.5 Å². The zero-order valence-electron chi connectivity index (χ0n) is 22.2. The van der Waals surface area contributed by atoms with Gasteiger partial charge in [0.15, 0.2) is 0 Å². The maximum Gasteiger partial charge on any atom is 0.307 e. The summed E-state index contributed by atoms with van der Waals surface area (Å²) in [5.41, 5.74) is 6.31. The van der Waals surface area contributed by atoms with E-state index in [1.54, 1.807) is 4.90 Å². The van der Waals surface area contributed by atoms with Gasteiger partial charge in [-0.05, 0) is 80.1 Å². The molecule has 0 unspecified atom stereocenters. The summed E-state index contributed by atoms with van der Waals surface area (Å²) in [6.07, 6.45) is 1.03. The topological polar surface area (TPSA) is 67.9 Å². The van der Waals surface area contributed by atoms with Crippen LogP contribution in [-0.4, -0.2) is 37.1 Å². The highest BCUT2D eigenvalue weighted by atomic mass is 16.6. The molecule has 1 heterocycles. The third-order valence-corrected chi connectivity index (χ3v) is 6.23. The largest absolute Gasteiger partial charge is 0.489 e. The Labute approximate surface area is 219 Å². The Morgan fingerprint density at radius 3 is 2.51 bits per heavy atom. The van der Waals surface area contributed by atoms with Crippen LogP contribution in [-0.2, 0) is 27.4 Å². The molecule has 0 bridgehead atoms. The SMILES string of the molecule is Cc1cc(COc2ccc3c(c2)CCN3C(=O)CNCCC(=O)OC(C)(C)C)ccc1-c1ccccc1. The number of carbonyl (C=O) groups excluding carboxylic acids is 2. The standard InChI is InChI=1S/C31H36N2O4/c1-22-18-23(10-12-27(22)24-8-6-5-7-9-24)21-36-26-11-13-28-25(19-26)15-17-33(28)29(34)20-32-16-14-30(35)37-31(2,3)4/h5-13,18-19,32H,14-17,20-21H2,1-4H3. The van der Waals surface area contributed by atoms with Crippen molar-refractivity contribution in [1.29, 1.82) is 0 Å². The van der Waals surface area contributed by atoms with Crippen LogP contribution in [0.25, 0.3) is 11.1 Å². The van der Waals surface area contributed by atoms with Crippen molar-refractivity contribution in [2.24, 2.45) is 0 Å². The highest BCUT2D eigenvalue weighted by molar-refractivity contribution is 5.96. The fourth-order valence-electron chi connectivity index (χ4n) is 4.52. The van der Waals surface area contributed by atoms with Crippen LogP contribution in [0.3, 0.4) is 0 Å². The molecule has 3 aromatic carbocycles. The molecule has 0 saturated carbocycles. The Balaban J connectivity index is 1.28. The quantitative estimate of drug-likeness (QED) is 0.313. The Hall–Kier alpha value is -3.64. The second kappa shape index (κ2) is 11.6. The van der Waals surface area contributed by atoms with E-state index in [4.69, 9.17) is 9.47 Å². The van der Waals surface area contributed by atoms with E-state index in [1.165, 1.54) is 16.7 Å². The van der Waals surface area contributed by atoms with Crippen LogP contribution in [0.4, 0.5) is 5.69 Å². The predicted molar refractivity (Wildman–Crippen MR) is 147 cm³/mol.